The third kappa shape index (κ3) is 6.28. The van der Waals surface area contributed by atoms with E-state index in [-0.39, 0.29) is 23.9 Å². The topological polar surface area (TPSA) is 106 Å². The van der Waals surface area contributed by atoms with Crippen molar-refractivity contribution in [3.8, 4) is 11.5 Å². The van der Waals surface area contributed by atoms with E-state index in [2.05, 4.69) is 15.8 Å². The van der Waals surface area contributed by atoms with E-state index in [1.807, 2.05) is 31.2 Å². The number of ether oxygens (including phenoxy) is 1. The second-order valence-electron chi connectivity index (χ2n) is 6.53. The van der Waals surface area contributed by atoms with Crippen LogP contribution in [0.1, 0.15) is 11.1 Å². The number of nitrogens with zero attached hydrogens (tertiary/aromatic N) is 2. The summed E-state index contributed by atoms with van der Waals surface area (Å²) in [6.07, 6.45) is 1.32. The van der Waals surface area contributed by atoms with E-state index < -0.39 is 4.92 Å². The highest BCUT2D eigenvalue weighted by molar-refractivity contribution is 6.32. The summed E-state index contributed by atoms with van der Waals surface area (Å²) in [7, 11) is 0. The number of nitro groups is 1. The highest BCUT2D eigenvalue weighted by atomic mass is 35.5. The first-order valence-electron chi connectivity index (χ1n) is 9.25. The van der Waals surface area contributed by atoms with Gasteiger partial charge in [0, 0.05) is 17.3 Å². The van der Waals surface area contributed by atoms with E-state index >= 15 is 0 Å². The van der Waals surface area contributed by atoms with Crippen LogP contribution in [0.25, 0.3) is 0 Å². The van der Waals surface area contributed by atoms with Gasteiger partial charge in [-0.3, -0.25) is 14.9 Å². The maximum absolute atomic E-state index is 11.9. The van der Waals surface area contributed by atoms with Gasteiger partial charge in [0.25, 0.3) is 5.91 Å². The van der Waals surface area contributed by atoms with Crippen LogP contribution in [0, 0.1) is 17.0 Å². The molecular weight excluding hydrogens is 420 g/mol. The predicted molar refractivity (Wildman–Crippen MR) is 120 cm³/mol. The van der Waals surface area contributed by atoms with Gasteiger partial charge in [-0.05, 0) is 43.3 Å². The lowest BCUT2D eigenvalue weighted by Crippen LogP contribution is -2.25. The van der Waals surface area contributed by atoms with Crippen molar-refractivity contribution in [3.63, 3.8) is 0 Å². The number of aryl methyl sites for hydroxylation is 1. The number of hydrazone groups is 1. The third-order valence-electron chi connectivity index (χ3n) is 4.14. The van der Waals surface area contributed by atoms with Gasteiger partial charge in [-0.25, -0.2) is 5.43 Å². The summed E-state index contributed by atoms with van der Waals surface area (Å²) in [6.45, 7) is 2.01. The fourth-order valence-corrected chi connectivity index (χ4v) is 2.74. The Balaban J connectivity index is 1.61. The largest absolute Gasteiger partial charge is 0.449 e. The van der Waals surface area contributed by atoms with Gasteiger partial charge in [-0.2, -0.15) is 5.10 Å². The fraction of sp³-hybridized carbons (Fsp3) is 0.0909. The van der Waals surface area contributed by atoms with E-state index in [4.69, 9.17) is 16.3 Å². The van der Waals surface area contributed by atoms with Gasteiger partial charge in [0.2, 0.25) is 5.75 Å². The van der Waals surface area contributed by atoms with Crippen LogP contribution in [-0.4, -0.2) is 23.6 Å². The van der Waals surface area contributed by atoms with Crippen molar-refractivity contribution >= 4 is 35.1 Å². The highest BCUT2D eigenvalue weighted by Gasteiger charge is 2.17. The lowest BCUT2D eigenvalue weighted by molar-refractivity contribution is -0.385. The molecule has 0 atom stereocenters. The van der Waals surface area contributed by atoms with Gasteiger partial charge in [0.1, 0.15) is 5.75 Å². The molecule has 0 saturated heterocycles. The minimum atomic E-state index is -0.562. The normalized spacial score (nSPS) is 10.6. The first kappa shape index (κ1) is 21.8. The zero-order chi connectivity index (χ0) is 22.2. The molecule has 0 aromatic heterocycles. The zero-order valence-corrected chi connectivity index (χ0v) is 17.3. The molecule has 3 rings (SSSR count). The molecule has 3 aromatic carbocycles. The molecule has 3 aromatic rings. The molecule has 0 spiro atoms. The molecule has 1 amide bonds. The van der Waals surface area contributed by atoms with Gasteiger partial charge < -0.3 is 10.1 Å². The maximum atomic E-state index is 11.9. The summed E-state index contributed by atoms with van der Waals surface area (Å²) >= 11 is 6.05. The fourth-order valence-electron chi connectivity index (χ4n) is 2.56. The Hall–Kier alpha value is -3.91. The first-order chi connectivity index (χ1) is 14.9. The summed E-state index contributed by atoms with van der Waals surface area (Å²) in [5.74, 6) is -0.00592. The van der Waals surface area contributed by atoms with Crippen LogP contribution in [0.5, 0.6) is 11.5 Å². The van der Waals surface area contributed by atoms with Crippen LogP contribution in [0.15, 0.2) is 71.8 Å². The smallest absolute Gasteiger partial charge is 0.312 e. The van der Waals surface area contributed by atoms with E-state index in [1.165, 1.54) is 18.3 Å². The van der Waals surface area contributed by atoms with Gasteiger partial charge in [0.05, 0.1) is 22.7 Å². The van der Waals surface area contributed by atoms with Crippen molar-refractivity contribution in [1.29, 1.82) is 0 Å². The molecule has 31 heavy (non-hydrogen) atoms. The van der Waals surface area contributed by atoms with Crippen molar-refractivity contribution in [2.45, 2.75) is 6.92 Å². The van der Waals surface area contributed by atoms with E-state index in [9.17, 15) is 14.9 Å². The number of amides is 1. The monoisotopic (exact) mass is 438 g/mol. The summed E-state index contributed by atoms with van der Waals surface area (Å²) in [4.78, 5) is 22.8. The molecule has 9 heteroatoms. The quantitative estimate of drug-likeness (QED) is 0.295. The van der Waals surface area contributed by atoms with Gasteiger partial charge >= 0.3 is 5.69 Å². The number of hydrogen-bond acceptors (Lipinski definition) is 6. The number of hydrogen-bond donors (Lipinski definition) is 2. The number of halogens is 1. The number of carbonyl (C=O) groups is 1. The Morgan fingerprint density at radius 2 is 1.87 bits per heavy atom. The molecule has 2 N–H and O–H groups in total. The number of nitrogens with one attached hydrogen (secondary N) is 2. The van der Waals surface area contributed by atoms with Crippen LogP contribution in [0.3, 0.4) is 0 Å². The summed E-state index contributed by atoms with van der Waals surface area (Å²) < 4.78 is 5.58. The molecule has 0 saturated carbocycles. The minimum absolute atomic E-state index is 0.0329. The maximum Gasteiger partial charge on any atom is 0.312 e. The molecular formula is C22H19ClN4O4. The number of nitro benzene ring substituents is 1. The van der Waals surface area contributed by atoms with Gasteiger partial charge in [-0.15, -0.1) is 0 Å². The second-order valence-corrected chi connectivity index (χ2v) is 6.94. The number of rotatable bonds is 8. The third-order valence-corrected chi connectivity index (χ3v) is 4.46. The molecule has 0 radical (unpaired) electrons. The van der Waals surface area contributed by atoms with Crippen LogP contribution in [-0.2, 0) is 4.79 Å². The van der Waals surface area contributed by atoms with Crippen molar-refractivity contribution in [2.75, 3.05) is 11.9 Å². The number of anilines is 1. The molecule has 0 bridgehead atoms. The van der Waals surface area contributed by atoms with Crippen molar-refractivity contribution in [3.05, 3.63) is 93.0 Å². The summed E-state index contributed by atoms with van der Waals surface area (Å²) in [5, 5.41) is 18.6. The summed E-state index contributed by atoms with van der Waals surface area (Å²) in [5.41, 5.74) is 4.48. The number of para-hydroxylation sites is 1. The Morgan fingerprint density at radius 3 is 2.58 bits per heavy atom. The van der Waals surface area contributed by atoms with Crippen molar-refractivity contribution in [1.82, 2.24) is 5.43 Å². The lowest BCUT2D eigenvalue weighted by atomic mass is 10.2. The molecule has 0 aliphatic rings. The number of benzene rings is 3. The predicted octanol–water partition coefficient (Wildman–Crippen LogP) is 4.91. The molecule has 0 aliphatic heterocycles. The Kier molecular flexibility index (Phi) is 7.18. The zero-order valence-electron chi connectivity index (χ0n) is 16.5. The van der Waals surface area contributed by atoms with Gasteiger partial charge in [-0.1, -0.05) is 41.4 Å². The Morgan fingerprint density at radius 1 is 1.13 bits per heavy atom. The highest BCUT2D eigenvalue weighted by Crippen LogP contribution is 2.35. The lowest BCUT2D eigenvalue weighted by Gasteiger charge is -2.08. The SMILES string of the molecule is Cc1ccc(NCC(=O)N/N=C/c2ccc(Oc3ccccc3Cl)c([N+](=O)[O-])c2)cc1. The average Bonchev–Trinajstić information content (AvgIpc) is 2.75. The van der Waals surface area contributed by atoms with Crippen LogP contribution >= 0.6 is 11.6 Å². The van der Waals surface area contributed by atoms with Crippen LogP contribution in [0.2, 0.25) is 5.02 Å². The molecule has 8 nitrogen and oxygen atoms in total. The molecule has 0 heterocycles. The molecule has 158 valence electrons. The average molecular weight is 439 g/mol. The Labute approximate surface area is 183 Å². The van der Waals surface area contributed by atoms with Crippen LogP contribution < -0.4 is 15.5 Å². The molecule has 0 unspecified atom stereocenters. The summed E-state index contributed by atoms with van der Waals surface area (Å²) in [6, 6.07) is 18.6. The van der Waals surface area contributed by atoms with Gasteiger partial charge in [0.15, 0.2) is 0 Å². The van der Waals surface area contributed by atoms with Crippen LogP contribution in [0.4, 0.5) is 11.4 Å². The Bertz CT molecular complexity index is 1120. The molecule has 0 aliphatic carbocycles. The van der Waals surface area contributed by atoms with E-state index in [1.54, 1.807) is 30.3 Å². The second kappa shape index (κ2) is 10.2. The van der Waals surface area contributed by atoms with E-state index in [0.717, 1.165) is 11.3 Å². The van der Waals surface area contributed by atoms with Crippen molar-refractivity contribution < 1.29 is 14.5 Å². The molecule has 0 fully saturated rings. The van der Waals surface area contributed by atoms with E-state index in [0.29, 0.717) is 16.3 Å². The van der Waals surface area contributed by atoms with Crippen molar-refractivity contribution in [2.24, 2.45) is 5.10 Å². The standard InChI is InChI=1S/C22H19ClN4O4/c1-15-6-9-17(10-7-15)24-14-22(28)26-25-13-16-8-11-21(19(12-16)27(29)30)31-20-5-3-2-4-18(20)23/h2-13,24H,14H2,1H3,(H,26,28)/b25-13+. The number of carbonyl (C=O) groups excluding carboxylic acids is 1. The minimum Gasteiger partial charge on any atom is -0.449 e. The first-order valence-corrected chi connectivity index (χ1v) is 9.63.